The first-order valence-electron chi connectivity index (χ1n) is 6.70. The van der Waals surface area contributed by atoms with Gasteiger partial charge in [0.25, 0.3) is 0 Å². The molecule has 0 amide bonds. The first kappa shape index (κ1) is 15.5. The van der Waals surface area contributed by atoms with Gasteiger partial charge in [-0.1, -0.05) is 48.6 Å². The quantitative estimate of drug-likeness (QED) is 0.640. The second-order valence-corrected chi connectivity index (χ2v) is 4.49. The van der Waals surface area contributed by atoms with Gasteiger partial charge in [-0.25, -0.2) is 9.59 Å². The van der Waals surface area contributed by atoms with Crippen molar-refractivity contribution in [2.75, 3.05) is 14.2 Å². The smallest absolute Gasteiger partial charge is 0.338 e. The van der Waals surface area contributed by atoms with Crippen molar-refractivity contribution in [3.8, 4) is 0 Å². The van der Waals surface area contributed by atoms with E-state index in [-0.39, 0.29) is 0 Å². The molecule has 0 heterocycles. The van der Waals surface area contributed by atoms with Gasteiger partial charge in [-0.15, -0.1) is 0 Å². The van der Waals surface area contributed by atoms with E-state index in [0.717, 1.165) is 0 Å². The van der Waals surface area contributed by atoms with Gasteiger partial charge in [-0.2, -0.15) is 0 Å². The van der Waals surface area contributed by atoms with Crippen LogP contribution in [0.5, 0.6) is 0 Å². The summed E-state index contributed by atoms with van der Waals surface area (Å²) in [4.78, 5) is 23.5. The third-order valence-corrected chi connectivity index (χ3v) is 3.17. The lowest BCUT2D eigenvalue weighted by Gasteiger charge is -2.05. The Hall–Kier alpha value is -2.88. The molecule has 0 atom stereocenters. The van der Waals surface area contributed by atoms with Crippen LogP contribution in [-0.2, 0) is 9.47 Å². The second-order valence-electron chi connectivity index (χ2n) is 4.49. The Morgan fingerprint density at radius 2 is 1.09 bits per heavy atom. The van der Waals surface area contributed by atoms with E-state index in [0.29, 0.717) is 22.3 Å². The monoisotopic (exact) mass is 296 g/mol. The largest absolute Gasteiger partial charge is 0.465 e. The van der Waals surface area contributed by atoms with Crippen molar-refractivity contribution in [3.63, 3.8) is 0 Å². The van der Waals surface area contributed by atoms with E-state index in [1.807, 2.05) is 24.3 Å². The van der Waals surface area contributed by atoms with E-state index in [4.69, 9.17) is 9.47 Å². The number of ether oxygens (including phenoxy) is 2. The molecule has 112 valence electrons. The van der Waals surface area contributed by atoms with Crippen LogP contribution < -0.4 is 0 Å². The van der Waals surface area contributed by atoms with Gasteiger partial charge in [0.05, 0.1) is 25.3 Å². The lowest BCUT2D eigenvalue weighted by Crippen LogP contribution is -2.04. The summed E-state index contributed by atoms with van der Waals surface area (Å²) in [6, 6.07) is 14.2. The van der Waals surface area contributed by atoms with Crippen LogP contribution in [0.3, 0.4) is 0 Å². The van der Waals surface area contributed by atoms with Crippen molar-refractivity contribution in [2.45, 2.75) is 0 Å². The molecule has 0 saturated carbocycles. The van der Waals surface area contributed by atoms with E-state index in [1.165, 1.54) is 14.2 Å². The number of hydrogen-bond donors (Lipinski definition) is 0. The normalized spacial score (nSPS) is 10.5. The molecule has 0 unspecified atom stereocenters. The highest BCUT2D eigenvalue weighted by atomic mass is 16.5. The summed E-state index contributed by atoms with van der Waals surface area (Å²) >= 11 is 0. The summed E-state index contributed by atoms with van der Waals surface area (Å²) in [5, 5.41) is 0. The molecule has 0 spiro atoms. The zero-order chi connectivity index (χ0) is 15.9. The van der Waals surface area contributed by atoms with E-state index >= 15 is 0 Å². The SMILES string of the molecule is COC(=O)c1ccccc1/C=C\c1ccccc1C(=O)OC. The summed E-state index contributed by atoms with van der Waals surface area (Å²) in [5.41, 5.74) is 2.37. The molecule has 0 aliphatic carbocycles. The summed E-state index contributed by atoms with van der Waals surface area (Å²) < 4.78 is 9.52. The number of methoxy groups -OCH3 is 2. The highest BCUT2D eigenvalue weighted by Gasteiger charge is 2.10. The Kier molecular flexibility index (Phi) is 5.09. The Morgan fingerprint density at radius 1 is 0.727 bits per heavy atom. The van der Waals surface area contributed by atoms with E-state index in [9.17, 15) is 9.59 Å². The third kappa shape index (κ3) is 3.41. The van der Waals surface area contributed by atoms with Gasteiger partial charge in [0.1, 0.15) is 0 Å². The molecule has 2 aromatic rings. The molecule has 0 fully saturated rings. The van der Waals surface area contributed by atoms with Gasteiger partial charge >= 0.3 is 11.9 Å². The standard InChI is InChI=1S/C18H16O4/c1-21-17(19)15-9-5-3-7-13(15)11-12-14-8-4-6-10-16(14)18(20)22-2/h3-12H,1-2H3/b12-11-. The van der Waals surface area contributed by atoms with Gasteiger partial charge in [0.2, 0.25) is 0 Å². The molecule has 0 bridgehead atoms. The van der Waals surface area contributed by atoms with Gasteiger partial charge < -0.3 is 9.47 Å². The molecule has 4 nitrogen and oxygen atoms in total. The molecule has 0 aromatic heterocycles. The Bertz CT molecular complexity index is 655. The average molecular weight is 296 g/mol. The topological polar surface area (TPSA) is 52.6 Å². The zero-order valence-electron chi connectivity index (χ0n) is 12.4. The molecule has 0 saturated heterocycles. The molecule has 22 heavy (non-hydrogen) atoms. The molecule has 0 aliphatic heterocycles. The molecular weight excluding hydrogens is 280 g/mol. The molecule has 0 N–H and O–H groups in total. The van der Waals surface area contributed by atoms with Crippen LogP contribution in [0, 0.1) is 0 Å². The molecule has 0 aliphatic rings. The van der Waals surface area contributed by atoms with Crippen LogP contribution >= 0.6 is 0 Å². The summed E-state index contributed by atoms with van der Waals surface area (Å²) in [6.07, 6.45) is 3.54. The van der Waals surface area contributed by atoms with Crippen LogP contribution in [0.1, 0.15) is 31.8 Å². The van der Waals surface area contributed by atoms with Crippen LogP contribution in [0.15, 0.2) is 48.5 Å². The molecule has 2 aromatic carbocycles. The maximum Gasteiger partial charge on any atom is 0.338 e. The number of hydrogen-bond acceptors (Lipinski definition) is 4. The lowest BCUT2D eigenvalue weighted by atomic mass is 10.0. The zero-order valence-corrected chi connectivity index (χ0v) is 12.4. The molecule has 0 radical (unpaired) electrons. The van der Waals surface area contributed by atoms with Crippen LogP contribution in [0.2, 0.25) is 0 Å². The van der Waals surface area contributed by atoms with Crippen LogP contribution in [0.25, 0.3) is 12.2 Å². The van der Waals surface area contributed by atoms with Crippen molar-refractivity contribution < 1.29 is 19.1 Å². The molecular formula is C18H16O4. The van der Waals surface area contributed by atoms with E-state index < -0.39 is 11.9 Å². The molecule has 4 heteroatoms. The van der Waals surface area contributed by atoms with Crippen molar-refractivity contribution in [1.82, 2.24) is 0 Å². The Balaban J connectivity index is 2.38. The molecule has 2 rings (SSSR count). The summed E-state index contributed by atoms with van der Waals surface area (Å²) in [7, 11) is 2.69. The minimum Gasteiger partial charge on any atom is -0.465 e. The summed E-state index contributed by atoms with van der Waals surface area (Å²) in [5.74, 6) is -0.803. The highest BCUT2D eigenvalue weighted by molar-refractivity contribution is 5.97. The number of esters is 2. The Morgan fingerprint density at radius 3 is 1.45 bits per heavy atom. The van der Waals surface area contributed by atoms with Crippen LogP contribution in [0.4, 0.5) is 0 Å². The second kappa shape index (κ2) is 7.22. The third-order valence-electron chi connectivity index (χ3n) is 3.17. The predicted octanol–water partition coefficient (Wildman–Crippen LogP) is 3.43. The maximum absolute atomic E-state index is 11.7. The predicted molar refractivity (Wildman–Crippen MR) is 84.5 cm³/mol. The van der Waals surface area contributed by atoms with E-state index in [2.05, 4.69) is 0 Å². The average Bonchev–Trinajstić information content (AvgIpc) is 2.59. The minimum atomic E-state index is -0.401. The number of carbonyl (C=O) groups is 2. The van der Waals surface area contributed by atoms with Crippen molar-refractivity contribution in [1.29, 1.82) is 0 Å². The maximum atomic E-state index is 11.7. The lowest BCUT2D eigenvalue weighted by molar-refractivity contribution is 0.0591. The van der Waals surface area contributed by atoms with Gasteiger partial charge in [-0.3, -0.25) is 0 Å². The minimum absolute atomic E-state index is 0.401. The van der Waals surface area contributed by atoms with Crippen molar-refractivity contribution in [2.24, 2.45) is 0 Å². The van der Waals surface area contributed by atoms with Crippen LogP contribution in [-0.4, -0.2) is 26.2 Å². The van der Waals surface area contributed by atoms with Crippen molar-refractivity contribution >= 4 is 24.1 Å². The number of rotatable bonds is 4. The first-order chi connectivity index (χ1) is 10.7. The van der Waals surface area contributed by atoms with Gasteiger partial charge in [-0.05, 0) is 23.3 Å². The number of benzene rings is 2. The fraction of sp³-hybridized carbons (Fsp3) is 0.111. The van der Waals surface area contributed by atoms with Gasteiger partial charge in [0, 0.05) is 0 Å². The van der Waals surface area contributed by atoms with Crippen molar-refractivity contribution in [3.05, 3.63) is 70.8 Å². The van der Waals surface area contributed by atoms with Gasteiger partial charge in [0.15, 0.2) is 0 Å². The Labute approximate surface area is 129 Å². The fourth-order valence-electron chi connectivity index (χ4n) is 2.06. The fourth-order valence-corrected chi connectivity index (χ4v) is 2.06. The summed E-state index contributed by atoms with van der Waals surface area (Å²) in [6.45, 7) is 0. The highest BCUT2D eigenvalue weighted by Crippen LogP contribution is 2.17. The first-order valence-corrected chi connectivity index (χ1v) is 6.70. The number of carbonyl (C=O) groups excluding carboxylic acids is 2. The van der Waals surface area contributed by atoms with E-state index in [1.54, 1.807) is 36.4 Å².